The highest BCUT2D eigenvalue weighted by molar-refractivity contribution is 5.62. The van der Waals surface area contributed by atoms with E-state index in [4.69, 9.17) is 0 Å². The molecule has 2 aromatic rings. The van der Waals surface area contributed by atoms with Gasteiger partial charge in [0.1, 0.15) is 6.29 Å². The summed E-state index contributed by atoms with van der Waals surface area (Å²) in [5, 5.41) is 0. The molecule has 0 N–H and O–H groups in total. The summed E-state index contributed by atoms with van der Waals surface area (Å²) >= 11 is 0. The molecule has 0 fully saturated rings. The maximum Gasteiger partial charge on any atom is 0.127 e. The first-order valence-corrected chi connectivity index (χ1v) is 5.94. The molecule has 0 spiro atoms. The van der Waals surface area contributed by atoms with Gasteiger partial charge in [0.25, 0.3) is 0 Å². The smallest absolute Gasteiger partial charge is 0.127 e. The van der Waals surface area contributed by atoms with Crippen LogP contribution in [0.2, 0.25) is 0 Å². The number of carbonyl (C=O) groups is 1. The van der Waals surface area contributed by atoms with Gasteiger partial charge in [-0.25, -0.2) is 0 Å². The van der Waals surface area contributed by atoms with E-state index in [1.54, 1.807) is 0 Å². The van der Waals surface area contributed by atoms with Gasteiger partial charge in [-0.3, -0.25) is 0 Å². The van der Waals surface area contributed by atoms with Crippen LogP contribution in [0.4, 0.5) is 0 Å². The lowest BCUT2D eigenvalue weighted by Crippen LogP contribution is -2.02. The number of carbonyl (C=O) groups excluding carboxylic acids is 1. The number of rotatable bonds is 5. The summed E-state index contributed by atoms with van der Waals surface area (Å²) in [7, 11) is 0. The van der Waals surface area contributed by atoms with Crippen molar-refractivity contribution in [3.63, 3.8) is 0 Å². The summed E-state index contributed by atoms with van der Waals surface area (Å²) < 4.78 is 0. The van der Waals surface area contributed by atoms with Gasteiger partial charge in [-0.1, -0.05) is 60.7 Å². The molecule has 0 bridgehead atoms. The van der Waals surface area contributed by atoms with Crippen molar-refractivity contribution >= 4 is 6.29 Å². The van der Waals surface area contributed by atoms with Crippen molar-refractivity contribution in [1.29, 1.82) is 0 Å². The van der Waals surface area contributed by atoms with Gasteiger partial charge in [-0.15, -0.1) is 0 Å². The van der Waals surface area contributed by atoms with E-state index in [9.17, 15) is 4.79 Å². The van der Waals surface area contributed by atoms with E-state index in [-0.39, 0.29) is 5.92 Å². The molecule has 2 aromatic carbocycles. The molecule has 0 saturated heterocycles. The van der Waals surface area contributed by atoms with Crippen molar-refractivity contribution in [3.8, 4) is 0 Å². The third-order valence-corrected chi connectivity index (χ3v) is 2.98. The fourth-order valence-electron chi connectivity index (χ4n) is 1.98. The molecular weight excluding hydrogens is 208 g/mol. The van der Waals surface area contributed by atoms with E-state index < -0.39 is 0 Å². The molecule has 17 heavy (non-hydrogen) atoms. The van der Waals surface area contributed by atoms with Crippen LogP contribution in [0.1, 0.15) is 23.5 Å². The molecular formula is C16H16O. The Bertz CT molecular complexity index is 447. The maximum atomic E-state index is 11.1. The highest BCUT2D eigenvalue weighted by Crippen LogP contribution is 2.19. The highest BCUT2D eigenvalue weighted by atomic mass is 16.1. The average molecular weight is 224 g/mol. The Morgan fingerprint density at radius 2 is 1.47 bits per heavy atom. The predicted molar refractivity (Wildman–Crippen MR) is 70.0 cm³/mol. The van der Waals surface area contributed by atoms with Crippen LogP contribution in [0, 0.1) is 0 Å². The molecule has 2 rings (SSSR count). The second-order valence-corrected chi connectivity index (χ2v) is 4.18. The fraction of sp³-hybridized carbons (Fsp3) is 0.188. The molecule has 0 heterocycles. The van der Waals surface area contributed by atoms with Crippen molar-refractivity contribution in [2.24, 2.45) is 0 Å². The maximum absolute atomic E-state index is 11.1. The highest BCUT2D eigenvalue weighted by Gasteiger charge is 2.09. The van der Waals surface area contributed by atoms with E-state index in [2.05, 4.69) is 12.1 Å². The number of benzene rings is 2. The Balaban J connectivity index is 2.00. The minimum absolute atomic E-state index is 0.0106. The monoisotopic (exact) mass is 224 g/mol. The molecule has 1 atom stereocenters. The quantitative estimate of drug-likeness (QED) is 0.709. The summed E-state index contributed by atoms with van der Waals surface area (Å²) in [4.78, 5) is 11.1. The van der Waals surface area contributed by atoms with Gasteiger partial charge in [-0.2, -0.15) is 0 Å². The second kappa shape index (κ2) is 6.00. The molecule has 1 nitrogen and oxygen atoms in total. The van der Waals surface area contributed by atoms with Crippen LogP contribution in [0.3, 0.4) is 0 Å². The number of aryl methyl sites for hydroxylation is 1. The minimum Gasteiger partial charge on any atom is -0.303 e. The van der Waals surface area contributed by atoms with Gasteiger partial charge in [-0.05, 0) is 24.0 Å². The van der Waals surface area contributed by atoms with Crippen LogP contribution < -0.4 is 0 Å². The Kier molecular flexibility index (Phi) is 4.09. The molecule has 0 unspecified atom stereocenters. The van der Waals surface area contributed by atoms with E-state index in [0.29, 0.717) is 0 Å². The Hall–Kier alpha value is -1.89. The first-order chi connectivity index (χ1) is 8.40. The van der Waals surface area contributed by atoms with Gasteiger partial charge >= 0.3 is 0 Å². The van der Waals surface area contributed by atoms with Gasteiger partial charge in [0.05, 0.1) is 0 Å². The lowest BCUT2D eigenvalue weighted by molar-refractivity contribution is -0.109. The van der Waals surface area contributed by atoms with Crippen molar-refractivity contribution in [3.05, 3.63) is 71.8 Å². The zero-order valence-electron chi connectivity index (χ0n) is 9.75. The molecule has 0 aliphatic heterocycles. The van der Waals surface area contributed by atoms with Crippen LogP contribution >= 0.6 is 0 Å². The standard InChI is InChI=1S/C16H16O/c17-13-16(15-9-5-2-6-10-15)12-11-14-7-3-1-4-8-14/h1-10,13,16H,11-12H2/t16-/m1/s1. The first-order valence-electron chi connectivity index (χ1n) is 5.94. The van der Waals surface area contributed by atoms with Crippen molar-refractivity contribution in [2.75, 3.05) is 0 Å². The molecule has 0 amide bonds. The van der Waals surface area contributed by atoms with E-state index in [0.717, 1.165) is 24.7 Å². The fourth-order valence-corrected chi connectivity index (χ4v) is 1.98. The Labute approximate surface area is 102 Å². The number of aldehydes is 1. The molecule has 0 aliphatic carbocycles. The van der Waals surface area contributed by atoms with E-state index in [1.165, 1.54) is 5.56 Å². The lowest BCUT2D eigenvalue weighted by Gasteiger charge is -2.10. The largest absolute Gasteiger partial charge is 0.303 e. The molecule has 0 saturated carbocycles. The molecule has 0 radical (unpaired) electrons. The Morgan fingerprint density at radius 1 is 0.882 bits per heavy atom. The van der Waals surface area contributed by atoms with Gasteiger partial charge < -0.3 is 4.79 Å². The summed E-state index contributed by atoms with van der Waals surface area (Å²) in [6.07, 6.45) is 2.87. The van der Waals surface area contributed by atoms with Crippen LogP contribution in [0.25, 0.3) is 0 Å². The molecule has 1 heteroatoms. The third-order valence-electron chi connectivity index (χ3n) is 2.98. The summed E-state index contributed by atoms with van der Waals surface area (Å²) in [5.41, 5.74) is 2.40. The molecule has 86 valence electrons. The molecule has 0 aromatic heterocycles. The topological polar surface area (TPSA) is 17.1 Å². The van der Waals surface area contributed by atoms with Crippen molar-refractivity contribution < 1.29 is 4.79 Å². The van der Waals surface area contributed by atoms with Crippen LogP contribution in [0.5, 0.6) is 0 Å². The Morgan fingerprint density at radius 3 is 2.06 bits per heavy atom. The summed E-state index contributed by atoms with van der Waals surface area (Å²) in [6, 6.07) is 20.3. The van der Waals surface area contributed by atoms with Crippen molar-refractivity contribution in [2.45, 2.75) is 18.8 Å². The lowest BCUT2D eigenvalue weighted by atomic mass is 9.94. The van der Waals surface area contributed by atoms with Crippen LogP contribution in [0.15, 0.2) is 60.7 Å². The molecule has 0 aliphatic rings. The minimum atomic E-state index is 0.0106. The van der Waals surface area contributed by atoms with Gasteiger partial charge in [0.2, 0.25) is 0 Å². The first kappa shape index (κ1) is 11.6. The average Bonchev–Trinajstić information content (AvgIpc) is 2.42. The third kappa shape index (κ3) is 3.28. The van der Waals surface area contributed by atoms with Crippen LogP contribution in [-0.4, -0.2) is 6.29 Å². The van der Waals surface area contributed by atoms with E-state index in [1.807, 2.05) is 48.5 Å². The van der Waals surface area contributed by atoms with Crippen LogP contribution in [-0.2, 0) is 11.2 Å². The van der Waals surface area contributed by atoms with E-state index >= 15 is 0 Å². The number of hydrogen-bond acceptors (Lipinski definition) is 1. The SMILES string of the molecule is O=C[C@@H](CCc1ccccc1)c1ccccc1. The second-order valence-electron chi connectivity index (χ2n) is 4.18. The summed E-state index contributed by atoms with van der Waals surface area (Å²) in [6.45, 7) is 0. The normalized spacial score (nSPS) is 12.0. The summed E-state index contributed by atoms with van der Waals surface area (Å²) in [5.74, 6) is 0.0106. The zero-order valence-corrected chi connectivity index (χ0v) is 9.75. The van der Waals surface area contributed by atoms with Crippen molar-refractivity contribution in [1.82, 2.24) is 0 Å². The number of hydrogen-bond donors (Lipinski definition) is 0. The zero-order chi connectivity index (χ0) is 11.9. The van der Waals surface area contributed by atoms with Gasteiger partial charge in [0, 0.05) is 5.92 Å². The van der Waals surface area contributed by atoms with Gasteiger partial charge in [0.15, 0.2) is 0 Å². The predicted octanol–water partition coefficient (Wildman–Crippen LogP) is 3.60.